The third kappa shape index (κ3) is 6.21. The third-order valence-electron chi connectivity index (χ3n) is 5.53. The molecule has 1 heterocycles. The van der Waals surface area contributed by atoms with Gasteiger partial charge in [0.2, 0.25) is 0 Å². The molecule has 2 amide bonds. The van der Waals surface area contributed by atoms with E-state index in [9.17, 15) is 9.59 Å². The molecule has 172 valence electrons. The maximum Gasteiger partial charge on any atom is 0.342 e. The van der Waals surface area contributed by atoms with Crippen molar-refractivity contribution in [2.45, 2.75) is 52.6 Å². The van der Waals surface area contributed by atoms with E-state index in [1.165, 1.54) is 16.1 Å². The number of carbonyl (C=O) groups is 2. The standard InChI is InChI=1S/C23H37N5O3/c1-6-9-21(22(29)31-8-3)26-16-14-25(15-17-26)19-10-12-20(13-11-19)27(7-2)23(30)28(24)18(4)5/h7,10-13,18,21H,2,6,8-9,14-17,24H2,1,3-5H3. The Hall–Kier alpha value is -2.58. The van der Waals surface area contributed by atoms with Crippen molar-refractivity contribution in [2.24, 2.45) is 5.84 Å². The maximum absolute atomic E-state index is 12.6. The fourth-order valence-electron chi connectivity index (χ4n) is 3.72. The number of benzene rings is 1. The Labute approximate surface area is 186 Å². The number of anilines is 2. The number of nitrogens with zero attached hydrogens (tertiary/aromatic N) is 4. The summed E-state index contributed by atoms with van der Waals surface area (Å²) < 4.78 is 5.27. The highest BCUT2D eigenvalue weighted by Gasteiger charge is 2.29. The molecule has 1 saturated heterocycles. The summed E-state index contributed by atoms with van der Waals surface area (Å²) in [4.78, 5) is 30.8. The summed E-state index contributed by atoms with van der Waals surface area (Å²) in [6.45, 7) is 15.1. The zero-order chi connectivity index (χ0) is 23.0. The first-order valence-electron chi connectivity index (χ1n) is 11.1. The molecule has 0 aliphatic carbocycles. The van der Waals surface area contributed by atoms with Gasteiger partial charge in [0.05, 0.1) is 12.3 Å². The number of hydrogen-bond donors (Lipinski definition) is 1. The molecule has 0 spiro atoms. The smallest absolute Gasteiger partial charge is 0.342 e. The molecule has 1 aromatic carbocycles. The van der Waals surface area contributed by atoms with Crippen molar-refractivity contribution in [3.63, 3.8) is 0 Å². The largest absolute Gasteiger partial charge is 0.465 e. The minimum absolute atomic E-state index is 0.114. The number of nitrogens with two attached hydrogens (primary N) is 1. The summed E-state index contributed by atoms with van der Waals surface area (Å²) in [5.74, 6) is 5.75. The molecule has 1 fully saturated rings. The quantitative estimate of drug-likeness (QED) is 0.280. The van der Waals surface area contributed by atoms with Crippen LogP contribution in [0.3, 0.4) is 0 Å². The van der Waals surface area contributed by atoms with Gasteiger partial charge in [-0.25, -0.2) is 10.6 Å². The van der Waals surface area contributed by atoms with Crippen molar-refractivity contribution >= 4 is 23.4 Å². The van der Waals surface area contributed by atoms with Gasteiger partial charge in [-0.05, 0) is 51.5 Å². The Balaban J connectivity index is 2.02. The molecule has 0 aromatic heterocycles. The third-order valence-corrected chi connectivity index (χ3v) is 5.53. The maximum atomic E-state index is 12.6. The molecule has 1 aromatic rings. The molecule has 2 N–H and O–H groups in total. The van der Waals surface area contributed by atoms with Crippen LogP contribution in [0, 0.1) is 0 Å². The summed E-state index contributed by atoms with van der Waals surface area (Å²) in [6.07, 6.45) is 3.23. The van der Waals surface area contributed by atoms with Crippen molar-refractivity contribution in [1.29, 1.82) is 0 Å². The Morgan fingerprint density at radius 1 is 1.16 bits per heavy atom. The van der Waals surface area contributed by atoms with Crippen molar-refractivity contribution < 1.29 is 14.3 Å². The molecule has 1 unspecified atom stereocenters. The Bertz CT molecular complexity index is 729. The minimum atomic E-state index is -0.327. The van der Waals surface area contributed by atoms with E-state index >= 15 is 0 Å². The van der Waals surface area contributed by atoms with E-state index in [0.29, 0.717) is 12.3 Å². The van der Waals surface area contributed by atoms with Crippen molar-refractivity contribution in [2.75, 3.05) is 42.6 Å². The van der Waals surface area contributed by atoms with E-state index in [2.05, 4.69) is 23.3 Å². The number of piperazine rings is 1. The number of hydrogen-bond acceptors (Lipinski definition) is 6. The zero-order valence-electron chi connectivity index (χ0n) is 19.3. The molecule has 8 heteroatoms. The average molecular weight is 432 g/mol. The van der Waals surface area contributed by atoms with Crippen LogP contribution in [0.1, 0.15) is 40.5 Å². The second-order valence-corrected chi connectivity index (χ2v) is 7.93. The van der Waals surface area contributed by atoms with Gasteiger partial charge in [-0.15, -0.1) is 0 Å². The number of rotatable bonds is 9. The SMILES string of the molecule is C=CN(C(=O)N(N)C(C)C)c1ccc(N2CCN(C(CCC)C(=O)OCC)CC2)cc1. The van der Waals surface area contributed by atoms with Gasteiger partial charge in [0.25, 0.3) is 0 Å². The molecule has 8 nitrogen and oxygen atoms in total. The molecule has 0 saturated carbocycles. The highest BCUT2D eigenvalue weighted by atomic mass is 16.5. The number of amides is 2. The molecule has 1 atom stereocenters. The lowest BCUT2D eigenvalue weighted by Gasteiger charge is -2.39. The van der Waals surface area contributed by atoms with Gasteiger partial charge in [-0.3, -0.25) is 19.6 Å². The first kappa shape index (κ1) is 24.7. The zero-order valence-corrected chi connectivity index (χ0v) is 19.3. The van der Waals surface area contributed by atoms with E-state index < -0.39 is 0 Å². The van der Waals surface area contributed by atoms with Gasteiger partial charge < -0.3 is 9.64 Å². The van der Waals surface area contributed by atoms with Gasteiger partial charge in [0, 0.05) is 44.1 Å². The highest BCUT2D eigenvalue weighted by molar-refractivity contribution is 5.93. The molecule has 1 aliphatic rings. The van der Waals surface area contributed by atoms with Gasteiger partial charge in [0.1, 0.15) is 6.04 Å². The molecule has 0 radical (unpaired) electrons. The van der Waals surface area contributed by atoms with E-state index in [1.807, 2.05) is 45.0 Å². The van der Waals surface area contributed by atoms with Crippen LogP contribution < -0.4 is 15.6 Å². The predicted octanol–water partition coefficient (Wildman–Crippen LogP) is 3.19. The van der Waals surface area contributed by atoms with Gasteiger partial charge >= 0.3 is 12.0 Å². The topological polar surface area (TPSA) is 82.4 Å². The van der Waals surface area contributed by atoms with Crippen LogP contribution in [0.4, 0.5) is 16.2 Å². The predicted molar refractivity (Wildman–Crippen MR) is 125 cm³/mol. The van der Waals surface area contributed by atoms with Crippen LogP contribution >= 0.6 is 0 Å². The lowest BCUT2D eigenvalue weighted by molar-refractivity contribution is -0.150. The summed E-state index contributed by atoms with van der Waals surface area (Å²) in [7, 11) is 0. The lowest BCUT2D eigenvalue weighted by Crippen LogP contribution is -2.53. The van der Waals surface area contributed by atoms with E-state index in [-0.39, 0.29) is 24.1 Å². The minimum Gasteiger partial charge on any atom is -0.465 e. The van der Waals surface area contributed by atoms with E-state index in [4.69, 9.17) is 10.6 Å². The first-order chi connectivity index (χ1) is 14.8. The molecular formula is C23H37N5O3. The van der Waals surface area contributed by atoms with Crippen LogP contribution in [-0.2, 0) is 9.53 Å². The fraction of sp³-hybridized carbons (Fsp3) is 0.565. The number of esters is 1. The second kappa shape index (κ2) is 11.7. The molecule has 0 bridgehead atoms. The van der Waals surface area contributed by atoms with Crippen molar-refractivity contribution in [1.82, 2.24) is 9.91 Å². The molecule has 1 aliphatic heterocycles. The van der Waals surface area contributed by atoms with Crippen molar-refractivity contribution in [3.8, 4) is 0 Å². The normalized spacial score (nSPS) is 15.5. The summed E-state index contributed by atoms with van der Waals surface area (Å²) in [5, 5.41) is 1.19. The van der Waals surface area contributed by atoms with Crippen LogP contribution in [0.25, 0.3) is 0 Å². The van der Waals surface area contributed by atoms with Gasteiger partial charge in [0.15, 0.2) is 0 Å². The average Bonchev–Trinajstić information content (AvgIpc) is 2.78. The molecule has 31 heavy (non-hydrogen) atoms. The summed E-state index contributed by atoms with van der Waals surface area (Å²) >= 11 is 0. The fourth-order valence-corrected chi connectivity index (χ4v) is 3.72. The van der Waals surface area contributed by atoms with Crippen LogP contribution in [0.2, 0.25) is 0 Å². The number of urea groups is 1. The van der Waals surface area contributed by atoms with Crippen LogP contribution in [-0.4, -0.2) is 66.8 Å². The first-order valence-corrected chi connectivity index (χ1v) is 11.1. The number of hydrazine groups is 1. The van der Waals surface area contributed by atoms with Crippen LogP contribution in [0.15, 0.2) is 37.0 Å². The van der Waals surface area contributed by atoms with E-state index in [0.717, 1.165) is 44.7 Å². The van der Waals surface area contributed by atoms with Crippen LogP contribution in [0.5, 0.6) is 0 Å². The van der Waals surface area contributed by atoms with Crippen molar-refractivity contribution in [3.05, 3.63) is 37.0 Å². The highest BCUT2D eigenvalue weighted by Crippen LogP contribution is 2.24. The molecular weight excluding hydrogens is 394 g/mol. The summed E-state index contributed by atoms with van der Waals surface area (Å²) in [5.41, 5.74) is 1.79. The van der Waals surface area contributed by atoms with Gasteiger partial charge in [-0.1, -0.05) is 19.9 Å². The Morgan fingerprint density at radius 3 is 2.26 bits per heavy atom. The monoisotopic (exact) mass is 431 g/mol. The van der Waals surface area contributed by atoms with E-state index in [1.54, 1.807) is 0 Å². The summed E-state index contributed by atoms with van der Waals surface area (Å²) in [6, 6.07) is 7.19. The lowest BCUT2D eigenvalue weighted by atomic mass is 10.1. The Kier molecular flexibility index (Phi) is 9.33. The molecule has 2 rings (SSSR count). The second-order valence-electron chi connectivity index (χ2n) is 7.93. The number of carbonyl (C=O) groups excluding carboxylic acids is 2. The number of ether oxygens (including phenoxy) is 1. The Morgan fingerprint density at radius 2 is 1.77 bits per heavy atom. The van der Waals surface area contributed by atoms with Gasteiger partial charge in [-0.2, -0.15) is 0 Å².